The summed E-state index contributed by atoms with van der Waals surface area (Å²) in [5, 5.41) is 3.30. The second kappa shape index (κ2) is 6.26. The Morgan fingerprint density at radius 3 is 2.87 bits per heavy atom. The first-order valence-electron chi connectivity index (χ1n) is 5.84. The molecule has 3 heteroatoms. The number of nitrogens with zero attached hydrogens (tertiary/aromatic N) is 1. The average Bonchev–Trinajstić information content (AvgIpc) is 2.61. The van der Waals surface area contributed by atoms with Gasteiger partial charge in [-0.05, 0) is 32.5 Å². The first-order chi connectivity index (χ1) is 7.15. The largest absolute Gasteiger partial charge is 0.377 e. The highest BCUT2D eigenvalue weighted by atomic mass is 16.5. The normalized spacial score (nSPS) is 26.1. The molecule has 0 radical (unpaired) electrons. The molecule has 0 bridgehead atoms. The summed E-state index contributed by atoms with van der Waals surface area (Å²) < 4.78 is 5.56. The molecule has 0 aliphatic carbocycles. The van der Waals surface area contributed by atoms with E-state index in [1.165, 1.54) is 5.57 Å². The van der Waals surface area contributed by atoms with Crippen LogP contribution in [0.25, 0.3) is 0 Å². The number of nitrogens with one attached hydrogen (secondary N) is 1. The Kier molecular flexibility index (Phi) is 5.29. The van der Waals surface area contributed by atoms with Gasteiger partial charge in [-0.3, -0.25) is 4.90 Å². The van der Waals surface area contributed by atoms with E-state index < -0.39 is 0 Å². The molecule has 1 aliphatic heterocycles. The molecule has 0 aromatic carbocycles. The molecule has 2 unspecified atom stereocenters. The van der Waals surface area contributed by atoms with Gasteiger partial charge in [0.2, 0.25) is 0 Å². The van der Waals surface area contributed by atoms with Crippen LogP contribution in [-0.4, -0.2) is 50.3 Å². The lowest BCUT2D eigenvalue weighted by Crippen LogP contribution is -2.38. The van der Waals surface area contributed by atoms with Crippen molar-refractivity contribution in [3.63, 3.8) is 0 Å². The molecule has 1 aliphatic rings. The van der Waals surface area contributed by atoms with Crippen molar-refractivity contribution in [2.45, 2.75) is 32.4 Å². The molecule has 0 aromatic heterocycles. The first kappa shape index (κ1) is 12.7. The molecule has 1 heterocycles. The smallest absolute Gasteiger partial charge is 0.0703 e. The Labute approximate surface area is 93.5 Å². The molecule has 0 saturated carbocycles. The summed E-state index contributed by atoms with van der Waals surface area (Å²) in [5.74, 6) is 0. The van der Waals surface area contributed by atoms with Crippen molar-refractivity contribution in [3.8, 4) is 0 Å². The lowest BCUT2D eigenvalue weighted by atomic mass is 10.1. The third kappa shape index (κ3) is 3.93. The van der Waals surface area contributed by atoms with Crippen LogP contribution >= 0.6 is 0 Å². The van der Waals surface area contributed by atoms with Gasteiger partial charge in [-0.2, -0.15) is 0 Å². The van der Waals surface area contributed by atoms with Gasteiger partial charge in [0.25, 0.3) is 0 Å². The zero-order valence-electron chi connectivity index (χ0n) is 10.3. The highest BCUT2D eigenvalue weighted by molar-refractivity contribution is 5.00. The van der Waals surface area contributed by atoms with Crippen LogP contribution < -0.4 is 5.32 Å². The molecule has 0 spiro atoms. The van der Waals surface area contributed by atoms with Gasteiger partial charge < -0.3 is 10.1 Å². The second-order valence-electron chi connectivity index (χ2n) is 4.38. The van der Waals surface area contributed by atoms with E-state index in [2.05, 4.69) is 37.7 Å². The van der Waals surface area contributed by atoms with Crippen LogP contribution in [0.4, 0.5) is 0 Å². The third-order valence-electron chi connectivity index (χ3n) is 3.00. The quantitative estimate of drug-likeness (QED) is 0.671. The molecule has 88 valence electrons. The molecular formula is C12H24N2O. The summed E-state index contributed by atoms with van der Waals surface area (Å²) in [7, 11) is 2.16. The monoisotopic (exact) mass is 212 g/mol. The molecule has 1 fully saturated rings. The zero-order valence-corrected chi connectivity index (χ0v) is 10.3. The van der Waals surface area contributed by atoms with E-state index in [-0.39, 0.29) is 0 Å². The summed E-state index contributed by atoms with van der Waals surface area (Å²) in [6.45, 7) is 12.1. The maximum Gasteiger partial charge on any atom is 0.0703 e. The van der Waals surface area contributed by atoms with Crippen molar-refractivity contribution in [3.05, 3.63) is 12.2 Å². The number of rotatable bonds is 6. The van der Waals surface area contributed by atoms with Crippen LogP contribution in [0.5, 0.6) is 0 Å². The van der Waals surface area contributed by atoms with Gasteiger partial charge in [0.15, 0.2) is 0 Å². The number of hydrogen-bond acceptors (Lipinski definition) is 3. The van der Waals surface area contributed by atoms with Gasteiger partial charge in [0, 0.05) is 25.7 Å². The number of ether oxygens (including phenoxy) is 1. The summed E-state index contributed by atoms with van der Waals surface area (Å²) in [4.78, 5) is 2.36. The van der Waals surface area contributed by atoms with Gasteiger partial charge in [-0.25, -0.2) is 0 Å². The number of likely N-dealkylation sites (N-methyl/N-ethyl adjacent to an activating group) is 2. The molecule has 0 amide bonds. The highest BCUT2D eigenvalue weighted by Gasteiger charge is 2.27. The molecule has 1 saturated heterocycles. The fourth-order valence-electron chi connectivity index (χ4n) is 2.13. The third-order valence-corrected chi connectivity index (χ3v) is 3.00. The van der Waals surface area contributed by atoms with E-state index in [0.717, 1.165) is 32.7 Å². The van der Waals surface area contributed by atoms with Crippen LogP contribution in [0.15, 0.2) is 12.2 Å². The average molecular weight is 212 g/mol. The maximum atomic E-state index is 5.56. The van der Waals surface area contributed by atoms with Crippen LogP contribution in [0.1, 0.15) is 20.3 Å². The zero-order chi connectivity index (χ0) is 11.3. The summed E-state index contributed by atoms with van der Waals surface area (Å²) >= 11 is 0. The van der Waals surface area contributed by atoms with Crippen molar-refractivity contribution in [2.75, 3.05) is 33.3 Å². The molecule has 15 heavy (non-hydrogen) atoms. The molecule has 1 N–H and O–H groups in total. The minimum atomic E-state index is 0.363. The van der Waals surface area contributed by atoms with E-state index >= 15 is 0 Å². The fraction of sp³-hybridized carbons (Fsp3) is 0.833. The fourth-order valence-corrected chi connectivity index (χ4v) is 2.13. The Balaban J connectivity index is 2.28. The van der Waals surface area contributed by atoms with Crippen molar-refractivity contribution >= 4 is 0 Å². The molecular weight excluding hydrogens is 188 g/mol. The van der Waals surface area contributed by atoms with Crippen molar-refractivity contribution < 1.29 is 4.74 Å². The predicted molar refractivity (Wildman–Crippen MR) is 64.1 cm³/mol. The van der Waals surface area contributed by atoms with E-state index in [9.17, 15) is 0 Å². The Morgan fingerprint density at radius 2 is 2.33 bits per heavy atom. The van der Waals surface area contributed by atoms with Gasteiger partial charge in [-0.1, -0.05) is 13.5 Å². The maximum absolute atomic E-state index is 5.56. The van der Waals surface area contributed by atoms with E-state index in [4.69, 9.17) is 4.74 Å². The molecule has 3 nitrogen and oxygen atoms in total. The minimum absolute atomic E-state index is 0.363. The van der Waals surface area contributed by atoms with E-state index in [1.54, 1.807) is 0 Å². The standard InChI is InChI=1S/C12H24N2O/c1-5-13-8-10(2)9-14(4)12-6-7-15-11(12)3/h11-13H,2,5-9H2,1,3-4H3. The van der Waals surface area contributed by atoms with Crippen LogP contribution in [0, 0.1) is 0 Å². The van der Waals surface area contributed by atoms with Crippen molar-refractivity contribution in [2.24, 2.45) is 0 Å². The molecule has 0 aromatic rings. The van der Waals surface area contributed by atoms with E-state index in [0.29, 0.717) is 12.1 Å². The molecule has 1 rings (SSSR count). The van der Waals surface area contributed by atoms with Gasteiger partial charge >= 0.3 is 0 Å². The van der Waals surface area contributed by atoms with Crippen LogP contribution in [-0.2, 0) is 4.74 Å². The predicted octanol–water partition coefficient (Wildman–Crippen LogP) is 1.26. The van der Waals surface area contributed by atoms with Crippen molar-refractivity contribution in [1.82, 2.24) is 10.2 Å². The first-order valence-corrected chi connectivity index (χ1v) is 5.84. The Hall–Kier alpha value is -0.380. The second-order valence-corrected chi connectivity index (χ2v) is 4.38. The van der Waals surface area contributed by atoms with Crippen LogP contribution in [0.3, 0.4) is 0 Å². The van der Waals surface area contributed by atoms with Gasteiger partial charge in [-0.15, -0.1) is 0 Å². The summed E-state index contributed by atoms with van der Waals surface area (Å²) in [5.41, 5.74) is 1.25. The topological polar surface area (TPSA) is 24.5 Å². The van der Waals surface area contributed by atoms with Crippen LogP contribution in [0.2, 0.25) is 0 Å². The lowest BCUT2D eigenvalue weighted by Gasteiger charge is -2.27. The lowest BCUT2D eigenvalue weighted by molar-refractivity contribution is 0.0865. The Bertz CT molecular complexity index is 206. The van der Waals surface area contributed by atoms with E-state index in [1.807, 2.05) is 0 Å². The molecule has 2 atom stereocenters. The SMILES string of the molecule is C=C(CNCC)CN(C)C1CCOC1C. The highest BCUT2D eigenvalue weighted by Crippen LogP contribution is 2.18. The van der Waals surface area contributed by atoms with Gasteiger partial charge in [0.05, 0.1) is 6.10 Å². The number of hydrogen-bond donors (Lipinski definition) is 1. The van der Waals surface area contributed by atoms with Crippen molar-refractivity contribution in [1.29, 1.82) is 0 Å². The summed E-state index contributed by atoms with van der Waals surface area (Å²) in [6, 6.07) is 0.559. The summed E-state index contributed by atoms with van der Waals surface area (Å²) in [6.07, 6.45) is 1.51. The minimum Gasteiger partial charge on any atom is -0.377 e. The van der Waals surface area contributed by atoms with Gasteiger partial charge in [0.1, 0.15) is 0 Å². The Morgan fingerprint density at radius 1 is 1.60 bits per heavy atom.